The summed E-state index contributed by atoms with van der Waals surface area (Å²) in [5.41, 5.74) is -0.832. The zero-order valence-electron chi connectivity index (χ0n) is 14.3. The summed E-state index contributed by atoms with van der Waals surface area (Å²) in [5, 5.41) is 0. The molecule has 0 radical (unpaired) electrons. The van der Waals surface area contributed by atoms with Crippen molar-refractivity contribution in [1.29, 1.82) is 0 Å². The maximum Gasteiger partial charge on any atom is 0.410 e. The number of piperidine rings is 1. The van der Waals surface area contributed by atoms with E-state index in [9.17, 15) is 14.4 Å². The molecule has 128 valence electrons. The van der Waals surface area contributed by atoms with Crippen molar-refractivity contribution in [2.24, 2.45) is 17.3 Å². The van der Waals surface area contributed by atoms with Gasteiger partial charge in [0.05, 0.1) is 7.11 Å². The van der Waals surface area contributed by atoms with Gasteiger partial charge < -0.3 is 14.4 Å². The fourth-order valence-corrected chi connectivity index (χ4v) is 4.49. The summed E-state index contributed by atoms with van der Waals surface area (Å²) < 4.78 is 10.3. The quantitative estimate of drug-likeness (QED) is 0.546. The Balaban J connectivity index is 1.76. The number of ether oxygens (including phenoxy) is 2. The molecule has 3 fully saturated rings. The van der Waals surface area contributed by atoms with Crippen LogP contribution in [0.2, 0.25) is 0 Å². The summed E-state index contributed by atoms with van der Waals surface area (Å²) in [6, 6.07) is 0.0941. The molecule has 1 amide bonds. The number of fused-ring (bicyclic) bond motifs is 2. The van der Waals surface area contributed by atoms with Crippen LogP contribution in [-0.4, -0.2) is 48.0 Å². The number of carbonyl (C=O) groups is 3. The molecule has 0 aromatic carbocycles. The number of amides is 1. The van der Waals surface area contributed by atoms with E-state index in [4.69, 9.17) is 9.47 Å². The first kappa shape index (κ1) is 16.3. The zero-order valence-corrected chi connectivity index (χ0v) is 14.3. The third kappa shape index (κ3) is 2.62. The maximum absolute atomic E-state index is 12.3. The molecule has 1 saturated heterocycles. The van der Waals surface area contributed by atoms with Gasteiger partial charge in [0.25, 0.3) is 0 Å². The highest BCUT2D eigenvalue weighted by Crippen LogP contribution is 2.63. The standard InChI is InChI=1S/C17H25NO5/c1-16(2,3)23-15(21)18-8-7-17(10-9-11(10)18)6-5-12(19)13(17)14(20)22-4/h10-11,13H,5-9H2,1-4H3. The SMILES string of the molecule is COC(=O)C1C(=O)CCC12CCN(C(=O)OC(C)(C)C)C1CC12. The number of ketones is 1. The first-order valence-corrected chi connectivity index (χ1v) is 8.30. The number of hydrogen-bond acceptors (Lipinski definition) is 5. The van der Waals surface area contributed by atoms with Crippen LogP contribution in [0, 0.1) is 17.3 Å². The second kappa shape index (κ2) is 5.21. The van der Waals surface area contributed by atoms with Crippen molar-refractivity contribution in [2.45, 2.75) is 58.1 Å². The first-order valence-electron chi connectivity index (χ1n) is 8.30. The Labute approximate surface area is 136 Å². The summed E-state index contributed by atoms with van der Waals surface area (Å²) in [6.07, 6.45) is 2.39. The molecule has 3 rings (SSSR count). The van der Waals surface area contributed by atoms with E-state index in [0.29, 0.717) is 19.4 Å². The molecule has 23 heavy (non-hydrogen) atoms. The van der Waals surface area contributed by atoms with Crippen LogP contribution in [0.25, 0.3) is 0 Å². The molecule has 0 aromatic rings. The van der Waals surface area contributed by atoms with Crippen molar-refractivity contribution in [3.8, 4) is 0 Å². The molecule has 2 saturated carbocycles. The Morgan fingerprint density at radius 2 is 1.96 bits per heavy atom. The smallest absolute Gasteiger partial charge is 0.410 e. The van der Waals surface area contributed by atoms with Gasteiger partial charge in [-0.05, 0) is 51.4 Å². The Hall–Kier alpha value is -1.59. The molecule has 1 heterocycles. The highest BCUT2D eigenvalue weighted by Gasteiger charge is 2.67. The fourth-order valence-electron chi connectivity index (χ4n) is 4.49. The molecule has 1 aliphatic heterocycles. The number of nitrogens with zero attached hydrogens (tertiary/aromatic N) is 1. The highest BCUT2D eigenvalue weighted by atomic mass is 16.6. The lowest BCUT2D eigenvalue weighted by molar-refractivity contribution is -0.154. The van der Waals surface area contributed by atoms with E-state index in [1.807, 2.05) is 20.8 Å². The lowest BCUT2D eigenvalue weighted by Gasteiger charge is -2.41. The van der Waals surface area contributed by atoms with Crippen molar-refractivity contribution >= 4 is 17.8 Å². The van der Waals surface area contributed by atoms with Gasteiger partial charge in [-0.15, -0.1) is 0 Å². The Bertz CT molecular complexity index is 552. The van der Waals surface area contributed by atoms with Gasteiger partial charge in [0.1, 0.15) is 17.3 Å². The minimum Gasteiger partial charge on any atom is -0.468 e. The van der Waals surface area contributed by atoms with E-state index in [0.717, 1.165) is 12.8 Å². The average molecular weight is 323 g/mol. The summed E-state index contributed by atoms with van der Waals surface area (Å²) >= 11 is 0. The van der Waals surface area contributed by atoms with Crippen LogP contribution in [0.5, 0.6) is 0 Å². The normalized spacial score (nSPS) is 35.9. The average Bonchev–Trinajstić information content (AvgIpc) is 3.18. The monoisotopic (exact) mass is 323 g/mol. The lowest BCUT2D eigenvalue weighted by atomic mass is 9.69. The molecule has 0 aromatic heterocycles. The van der Waals surface area contributed by atoms with Gasteiger partial charge in [0.15, 0.2) is 0 Å². The number of methoxy groups -OCH3 is 1. The largest absolute Gasteiger partial charge is 0.468 e. The third-order valence-corrected chi connectivity index (χ3v) is 5.51. The van der Waals surface area contributed by atoms with Gasteiger partial charge in [-0.3, -0.25) is 9.59 Å². The van der Waals surface area contributed by atoms with Crippen LogP contribution in [0.3, 0.4) is 0 Å². The molecule has 3 aliphatic rings. The molecule has 1 spiro atoms. The highest BCUT2D eigenvalue weighted by molar-refractivity contribution is 6.01. The van der Waals surface area contributed by atoms with Gasteiger partial charge >= 0.3 is 12.1 Å². The Kier molecular flexibility index (Phi) is 3.69. The Morgan fingerprint density at radius 3 is 2.57 bits per heavy atom. The van der Waals surface area contributed by atoms with E-state index in [1.165, 1.54) is 7.11 Å². The predicted molar refractivity (Wildman–Crippen MR) is 81.6 cm³/mol. The summed E-state index contributed by atoms with van der Waals surface area (Å²) in [6.45, 7) is 6.09. The van der Waals surface area contributed by atoms with E-state index < -0.39 is 17.5 Å². The van der Waals surface area contributed by atoms with E-state index in [-0.39, 0.29) is 29.3 Å². The minimum absolute atomic E-state index is 0.00628. The molecule has 6 heteroatoms. The van der Waals surface area contributed by atoms with Gasteiger partial charge in [0, 0.05) is 19.0 Å². The predicted octanol–water partition coefficient (Wildman–Crippen LogP) is 2.15. The van der Waals surface area contributed by atoms with Crippen molar-refractivity contribution in [3.63, 3.8) is 0 Å². The van der Waals surface area contributed by atoms with Crippen LogP contribution in [0.1, 0.15) is 46.5 Å². The number of carbonyl (C=O) groups excluding carboxylic acids is 3. The lowest BCUT2D eigenvalue weighted by Crippen LogP contribution is -2.49. The van der Waals surface area contributed by atoms with Gasteiger partial charge in [-0.2, -0.15) is 0 Å². The molecule has 2 aliphatic carbocycles. The topological polar surface area (TPSA) is 72.9 Å². The number of rotatable bonds is 1. The molecule has 0 N–H and O–H groups in total. The Morgan fingerprint density at radius 1 is 1.26 bits per heavy atom. The van der Waals surface area contributed by atoms with Gasteiger partial charge in [0.2, 0.25) is 0 Å². The number of likely N-dealkylation sites (tertiary alicyclic amines) is 1. The second-order valence-corrected chi connectivity index (χ2v) is 7.99. The van der Waals surface area contributed by atoms with E-state index in [2.05, 4.69) is 0 Å². The number of esters is 1. The second-order valence-electron chi connectivity index (χ2n) is 7.99. The minimum atomic E-state index is -0.650. The molecule has 4 atom stereocenters. The van der Waals surface area contributed by atoms with Crippen molar-refractivity contribution in [2.75, 3.05) is 13.7 Å². The zero-order chi connectivity index (χ0) is 17.0. The fraction of sp³-hybridized carbons (Fsp3) is 0.824. The first-order chi connectivity index (χ1) is 10.7. The number of Topliss-reactive ketones (excluding diaryl/α,β-unsaturated/α-hetero) is 1. The van der Waals surface area contributed by atoms with Crippen molar-refractivity contribution in [1.82, 2.24) is 4.90 Å². The molecule has 0 bridgehead atoms. The van der Waals surface area contributed by atoms with Gasteiger partial charge in [-0.1, -0.05) is 0 Å². The van der Waals surface area contributed by atoms with E-state index >= 15 is 0 Å². The van der Waals surface area contributed by atoms with E-state index in [1.54, 1.807) is 4.90 Å². The van der Waals surface area contributed by atoms with Crippen LogP contribution in [0.15, 0.2) is 0 Å². The van der Waals surface area contributed by atoms with Crippen molar-refractivity contribution in [3.05, 3.63) is 0 Å². The van der Waals surface area contributed by atoms with Crippen LogP contribution < -0.4 is 0 Å². The molecular formula is C17H25NO5. The van der Waals surface area contributed by atoms with Crippen molar-refractivity contribution < 1.29 is 23.9 Å². The summed E-state index contributed by atoms with van der Waals surface area (Å²) in [5.74, 6) is -0.861. The molecule has 4 unspecified atom stereocenters. The molecule has 6 nitrogen and oxygen atoms in total. The number of hydrogen-bond donors (Lipinski definition) is 0. The van der Waals surface area contributed by atoms with Crippen LogP contribution in [-0.2, 0) is 19.1 Å². The van der Waals surface area contributed by atoms with Crippen LogP contribution in [0.4, 0.5) is 4.79 Å². The summed E-state index contributed by atoms with van der Waals surface area (Å²) in [7, 11) is 1.34. The summed E-state index contributed by atoms with van der Waals surface area (Å²) in [4.78, 5) is 38.4. The molecular weight excluding hydrogens is 298 g/mol. The third-order valence-electron chi connectivity index (χ3n) is 5.51. The van der Waals surface area contributed by atoms with Gasteiger partial charge in [-0.25, -0.2) is 4.79 Å². The maximum atomic E-state index is 12.3. The van der Waals surface area contributed by atoms with Crippen LogP contribution >= 0.6 is 0 Å².